The summed E-state index contributed by atoms with van der Waals surface area (Å²) in [4.78, 5) is 13.1. The fraction of sp³-hybridized carbons (Fsp3) is 0.158. The van der Waals surface area contributed by atoms with Crippen LogP contribution in [0.1, 0.15) is 17.5 Å². The van der Waals surface area contributed by atoms with E-state index in [9.17, 15) is 4.79 Å². The lowest BCUT2D eigenvalue weighted by Crippen LogP contribution is -2.12. The van der Waals surface area contributed by atoms with E-state index in [2.05, 4.69) is 21.6 Å². The first-order chi connectivity index (χ1) is 12.6. The molecule has 7 heteroatoms. The lowest BCUT2D eigenvalue weighted by atomic mass is 10.1. The lowest BCUT2D eigenvalue weighted by molar-refractivity contribution is -0.116. The second-order valence-corrected chi connectivity index (χ2v) is 6.75. The number of carbonyl (C=O) groups is 1. The standard InChI is InChI=1S/C19H17N5OS/c1-24-13-21-23-19(24)26-17-9-7-16(8-10-17)22-18(25)11-6-14-2-4-15(12-20)5-3-14/h2-5,7-10,13H,6,11H2,1H3,(H,22,25). The molecule has 1 N–H and O–H groups in total. The molecule has 1 heterocycles. The van der Waals surface area contributed by atoms with Gasteiger partial charge in [0.15, 0.2) is 5.16 Å². The molecule has 3 aromatic rings. The van der Waals surface area contributed by atoms with Crippen LogP contribution in [-0.2, 0) is 18.3 Å². The number of aromatic nitrogens is 3. The van der Waals surface area contributed by atoms with E-state index in [0.29, 0.717) is 18.4 Å². The Morgan fingerprint density at radius 3 is 2.54 bits per heavy atom. The van der Waals surface area contributed by atoms with Gasteiger partial charge in [-0.3, -0.25) is 4.79 Å². The highest BCUT2D eigenvalue weighted by molar-refractivity contribution is 7.99. The third kappa shape index (κ3) is 4.71. The number of nitrogens with zero attached hydrogens (tertiary/aromatic N) is 4. The van der Waals surface area contributed by atoms with Gasteiger partial charge in [-0.05, 0) is 60.1 Å². The molecule has 26 heavy (non-hydrogen) atoms. The maximum absolute atomic E-state index is 12.1. The Bertz CT molecular complexity index is 926. The summed E-state index contributed by atoms with van der Waals surface area (Å²) in [5.41, 5.74) is 2.42. The predicted molar refractivity (Wildman–Crippen MR) is 99.7 cm³/mol. The van der Waals surface area contributed by atoms with Crippen LogP contribution in [0.2, 0.25) is 0 Å². The highest BCUT2D eigenvalue weighted by Crippen LogP contribution is 2.26. The molecular weight excluding hydrogens is 346 g/mol. The van der Waals surface area contributed by atoms with Crippen molar-refractivity contribution in [2.24, 2.45) is 7.05 Å². The van der Waals surface area contributed by atoms with Gasteiger partial charge in [-0.1, -0.05) is 12.1 Å². The summed E-state index contributed by atoms with van der Waals surface area (Å²) >= 11 is 1.51. The predicted octanol–water partition coefficient (Wildman–Crippen LogP) is 3.41. The van der Waals surface area contributed by atoms with Crippen molar-refractivity contribution in [1.82, 2.24) is 14.8 Å². The molecule has 0 unspecified atom stereocenters. The van der Waals surface area contributed by atoms with E-state index in [1.165, 1.54) is 11.8 Å². The molecule has 1 amide bonds. The number of benzene rings is 2. The van der Waals surface area contributed by atoms with Crippen molar-refractivity contribution in [2.45, 2.75) is 22.9 Å². The van der Waals surface area contributed by atoms with Crippen LogP contribution in [-0.4, -0.2) is 20.7 Å². The van der Waals surface area contributed by atoms with E-state index in [-0.39, 0.29) is 5.91 Å². The van der Waals surface area contributed by atoms with Gasteiger partial charge in [0, 0.05) is 24.1 Å². The molecule has 0 radical (unpaired) electrons. The van der Waals surface area contributed by atoms with Crippen LogP contribution in [0.15, 0.2) is 64.9 Å². The minimum atomic E-state index is -0.0388. The first-order valence-electron chi connectivity index (χ1n) is 8.05. The quantitative estimate of drug-likeness (QED) is 0.725. The van der Waals surface area contributed by atoms with Crippen molar-refractivity contribution < 1.29 is 4.79 Å². The van der Waals surface area contributed by atoms with Crippen molar-refractivity contribution in [2.75, 3.05) is 5.32 Å². The number of anilines is 1. The lowest BCUT2D eigenvalue weighted by Gasteiger charge is -2.07. The molecule has 0 fully saturated rings. The molecule has 0 spiro atoms. The number of hydrogen-bond acceptors (Lipinski definition) is 5. The Morgan fingerprint density at radius 2 is 1.92 bits per heavy atom. The van der Waals surface area contributed by atoms with Gasteiger partial charge in [0.1, 0.15) is 6.33 Å². The minimum Gasteiger partial charge on any atom is -0.326 e. The zero-order valence-electron chi connectivity index (χ0n) is 14.2. The van der Waals surface area contributed by atoms with E-state index in [0.717, 1.165) is 21.3 Å². The SMILES string of the molecule is Cn1cnnc1Sc1ccc(NC(=O)CCc2ccc(C#N)cc2)cc1. The molecule has 1 aromatic heterocycles. The zero-order valence-corrected chi connectivity index (χ0v) is 15.0. The van der Waals surface area contributed by atoms with E-state index in [1.807, 2.05) is 48.0 Å². The Balaban J connectivity index is 1.51. The van der Waals surface area contributed by atoms with Gasteiger partial charge in [-0.25, -0.2) is 0 Å². The summed E-state index contributed by atoms with van der Waals surface area (Å²) in [6.07, 6.45) is 2.68. The number of nitriles is 1. The van der Waals surface area contributed by atoms with Crippen LogP contribution in [0.5, 0.6) is 0 Å². The Kier molecular flexibility index (Phi) is 5.66. The smallest absolute Gasteiger partial charge is 0.224 e. The van der Waals surface area contributed by atoms with Gasteiger partial charge in [0.2, 0.25) is 5.91 Å². The molecular formula is C19H17N5OS. The van der Waals surface area contributed by atoms with Crippen molar-refractivity contribution in [3.63, 3.8) is 0 Å². The Morgan fingerprint density at radius 1 is 1.19 bits per heavy atom. The average Bonchev–Trinajstić information content (AvgIpc) is 3.07. The summed E-state index contributed by atoms with van der Waals surface area (Å²) in [5.74, 6) is -0.0388. The third-order valence-electron chi connectivity index (χ3n) is 3.74. The number of carbonyl (C=O) groups excluding carboxylic acids is 1. The molecule has 3 rings (SSSR count). The molecule has 0 aliphatic rings. The van der Waals surface area contributed by atoms with E-state index < -0.39 is 0 Å². The van der Waals surface area contributed by atoms with Gasteiger partial charge in [0.25, 0.3) is 0 Å². The van der Waals surface area contributed by atoms with E-state index >= 15 is 0 Å². The molecule has 0 bridgehead atoms. The highest BCUT2D eigenvalue weighted by Gasteiger charge is 2.06. The van der Waals surface area contributed by atoms with Gasteiger partial charge >= 0.3 is 0 Å². The van der Waals surface area contributed by atoms with Gasteiger partial charge < -0.3 is 9.88 Å². The maximum Gasteiger partial charge on any atom is 0.224 e. The number of amides is 1. The van der Waals surface area contributed by atoms with Crippen molar-refractivity contribution in [1.29, 1.82) is 5.26 Å². The van der Waals surface area contributed by atoms with E-state index in [4.69, 9.17) is 5.26 Å². The fourth-order valence-corrected chi connectivity index (χ4v) is 3.07. The van der Waals surface area contributed by atoms with Crippen molar-refractivity contribution in [3.8, 4) is 6.07 Å². The van der Waals surface area contributed by atoms with E-state index in [1.54, 1.807) is 18.5 Å². The molecule has 0 aliphatic heterocycles. The molecule has 0 atom stereocenters. The summed E-state index contributed by atoms with van der Waals surface area (Å²) in [6, 6.07) is 17.0. The van der Waals surface area contributed by atoms with Crippen LogP contribution in [0, 0.1) is 11.3 Å². The highest BCUT2D eigenvalue weighted by atomic mass is 32.2. The molecule has 0 aliphatic carbocycles. The van der Waals surface area contributed by atoms with Crippen LogP contribution < -0.4 is 5.32 Å². The Hall–Kier alpha value is -3.11. The Labute approximate surface area is 155 Å². The summed E-state index contributed by atoms with van der Waals surface area (Å²) in [5, 5.41) is 20.4. The number of aryl methyl sites for hydroxylation is 2. The fourth-order valence-electron chi connectivity index (χ4n) is 2.30. The summed E-state index contributed by atoms with van der Waals surface area (Å²) in [7, 11) is 1.89. The largest absolute Gasteiger partial charge is 0.326 e. The van der Waals surface area contributed by atoms with Gasteiger partial charge in [0.05, 0.1) is 11.6 Å². The number of nitrogens with one attached hydrogen (secondary N) is 1. The van der Waals surface area contributed by atoms with Gasteiger partial charge in [-0.2, -0.15) is 5.26 Å². The monoisotopic (exact) mass is 363 g/mol. The van der Waals surface area contributed by atoms with Gasteiger partial charge in [-0.15, -0.1) is 10.2 Å². The third-order valence-corrected chi connectivity index (χ3v) is 4.80. The molecule has 2 aromatic carbocycles. The number of hydrogen-bond donors (Lipinski definition) is 1. The first kappa shape index (κ1) is 17.7. The first-order valence-corrected chi connectivity index (χ1v) is 8.86. The van der Waals surface area contributed by atoms with Crippen LogP contribution in [0.25, 0.3) is 0 Å². The summed E-state index contributed by atoms with van der Waals surface area (Å²) in [6.45, 7) is 0. The van der Waals surface area contributed by atoms with Crippen LogP contribution in [0.3, 0.4) is 0 Å². The normalized spacial score (nSPS) is 10.3. The zero-order chi connectivity index (χ0) is 18.4. The number of rotatable bonds is 6. The average molecular weight is 363 g/mol. The second-order valence-electron chi connectivity index (χ2n) is 5.71. The molecule has 0 saturated carbocycles. The second kappa shape index (κ2) is 8.32. The molecule has 130 valence electrons. The van der Waals surface area contributed by atoms with Crippen molar-refractivity contribution in [3.05, 3.63) is 66.0 Å². The summed E-state index contributed by atoms with van der Waals surface area (Å²) < 4.78 is 1.85. The molecule has 6 nitrogen and oxygen atoms in total. The van der Waals surface area contributed by atoms with Crippen molar-refractivity contribution >= 4 is 23.4 Å². The topological polar surface area (TPSA) is 83.6 Å². The van der Waals surface area contributed by atoms with Crippen LogP contribution in [0.4, 0.5) is 5.69 Å². The maximum atomic E-state index is 12.1. The van der Waals surface area contributed by atoms with Crippen LogP contribution >= 0.6 is 11.8 Å². The molecule has 0 saturated heterocycles. The minimum absolute atomic E-state index is 0.0388.